The van der Waals surface area contributed by atoms with Crippen molar-refractivity contribution in [2.75, 3.05) is 5.32 Å². The number of phenolic OH excluding ortho intramolecular Hbond substituents is 1. The van der Waals surface area contributed by atoms with Crippen molar-refractivity contribution in [3.05, 3.63) is 51.7 Å². The van der Waals surface area contributed by atoms with E-state index < -0.39 is 0 Å². The molecule has 92 valence electrons. The maximum atomic E-state index is 11.9. The number of rotatable bonds is 2. The first kappa shape index (κ1) is 12.9. The highest BCUT2D eigenvalue weighted by atomic mass is 79.9. The minimum absolute atomic E-state index is 0.0816. The Hall–Kier alpha value is -1.59. The number of hydrogen-bond donors (Lipinski definition) is 2. The van der Waals surface area contributed by atoms with Crippen LogP contribution in [-0.4, -0.2) is 16.0 Å². The number of hydrogen-bond acceptors (Lipinski definition) is 3. The Bertz CT molecular complexity index is 604. The van der Waals surface area contributed by atoms with Gasteiger partial charge >= 0.3 is 0 Å². The Morgan fingerprint density at radius 3 is 2.78 bits per heavy atom. The second-order valence-corrected chi connectivity index (χ2v) is 4.84. The van der Waals surface area contributed by atoms with Crippen LogP contribution in [0.1, 0.15) is 10.4 Å². The van der Waals surface area contributed by atoms with Gasteiger partial charge in [-0.3, -0.25) is 9.78 Å². The van der Waals surface area contributed by atoms with Crippen molar-refractivity contribution < 1.29 is 9.90 Å². The lowest BCUT2D eigenvalue weighted by atomic mass is 10.2. The highest BCUT2D eigenvalue weighted by molar-refractivity contribution is 9.10. The number of carbonyl (C=O) groups is 1. The molecule has 2 aromatic rings. The number of aromatic hydroxyl groups is 1. The van der Waals surface area contributed by atoms with Crippen LogP contribution in [0.5, 0.6) is 5.75 Å². The molecule has 6 heteroatoms. The Balaban J connectivity index is 2.18. The largest absolute Gasteiger partial charge is 0.506 e. The molecule has 0 aliphatic rings. The van der Waals surface area contributed by atoms with Gasteiger partial charge in [-0.05, 0) is 34.1 Å². The molecule has 0 radical (unpaired) electrons. The van der Waals surface area contributed by atoms with E-state index in [4.69, 9.17) is 11.6 Å². The normalized spacial score (nSPS) is 10.1. The Morgan fingerprint density at radius 1 is 1.33 bits per heavy atom. The molecule has 0 aliphatic carbocycles. The van der Waals surface area contributed by atoms with Crippen LogP contribution in [0.2, 0.25) is 5.02 Å². The third-order valence-electron chi connectivity index (χ3n) is 2.17. The summed E-state index contributed by atoms with van der Waals surface area (Å²) in [4.78, 5) is 15.8. The number of anilines is 1. The molecule has 1 aromatic heterocycles. The van der Waals surface area contributed by atoms with Gasteiger partial charge in [0.25, 0.3) is 5.91 Å². The number of carbonyl (C=O) groups excluding carboxylic acids is 1. The van der Waals surface area contributed by atoms with Crippen molar-refractivity contribution >= 4 is 39.1 Å². The fourth-order valence-electron chi connectivity index (χ4n) is 1.33. The second-order valence-electron chi connectivity index (χ2n) is 3.51. The van der Waals surface area contributed by atoms with Crippen molar-refractivity contribution in [3.63, 3.8) is 0 Å². The third kappa shape index (κ3) is 3.00. The monoisotopic (exact) mass is 326 g/mol. The molecule has 2 N–H and O–H groups in total. The smallest absolute Gasteiger partial charge is 0.257 e. The number of benzene rings is 1. The molecular formula is C12H8BrClN2O2. The molecule has 0 spiro atoms. The first-order valence-corrected chi connectivity index (χ1v) is 6.14. The Labute approximate surface area is 117 Å². The van der Waals surface area contributed by atoms with E-state index in [2.05, 4.69) is 26.2 Å². The molecule has 0 aliphatic heterocycles. The van der Waals surface area contributed by atoms with E-state index in [0.717, 1.165) is 0 Å². The number of halogens is 2. The zero-order chi connectivity index (χ0) is 13.1. The predicted octanol–water partition coefficient (Wildman–Crippen LogP) is 3.46. The summed E-state index contributed by atoms with van der Waals surface area (Å²) in [5, 5.41) is 12.3. The minimum Gasteiger partial charge on any atom is -0.506 e. The van der Waals surface area contributed by atoms with E-state index >= 15 is 0 Å². The summed E-state index contributed by atoms with van der Waals surface area (Å²) in [5.41, 5.74) is 0.876. The topological polar surface area (TPSA) is 62.2 Å². The van der Waals surface area contributed by atoms with Gasteiger partial charge in [0.15, 0.2) is 0 Å². The summed E-state index contributed by atoms with van der Waals surface area (Å²) in [5.74, 6) is -0.396. The van der Waals surface area contributed by atoms with Gasteiger partial charge in [-0.1, -0.05) is 11.6 Å². The van der Waals surface area contributed by atoms with Gasteiger partial charge in [0.2, 0.25) is 0 Å². The van der Waals surface area contributed by atoms with Gasteiger partial charge in [0.1, 0.15) is 5.75 Å². The lowest BCUT2D eigenvalue weighted by molar-refractivity contribution is 0.102. The van der Waals surface area contributed by atoms with Crippen LogP contribution in [0.4, 0.5) is 5.69 Å². The molecule has 0 bridgehead atoms. The van der Waals surface area contributed by atoms with Gasteiger partial charge in [0.05, 0.1) is 10.6 Å². The molecule has 1 aromatic carbocycles. The number of nitrogens with one attached hydrogen (secondary N) is 1. The average Bonchev–Trinajstić information content (AvgIpc) is 2.34. The minimum atomic E-state index is -0.314. The standard InChI is InChI=1S/C12H8BrClN2O2/c13-8-3-7(5-15-6-8)12(18)16-9-1-2-10(14)11(17)4-9/h1-6,17H,(H,16,18). The molecule has 1 amide bonds. The quantitative estimate of drug-likeness (QED) is 0.888. The number of phenols is 1. The fourth-order valence-corrected chi connectivity index (χ4v) is 1.81. The third-order valence-corrected chi connectivity index (χ3v) is 2.92. The lowest BCUT2D eigenvalue weighted by Crippen LogP contribution is -2.12. The SMILES string of the molecule is O=C(Nc1ccc(Cl)c(O)c1)c1cncc(Br)c1. The predicted molar refractivity (Wildman–Crippen MR) is 73.0 cm³/mol. The van der Waals surface area contributed by atoms with Crippen molar-refractivity contribution in [3.8, 4) is 5.75 Å². The van der Waals surface area contributed by atoms with E-state index in [0.29, 0.717) is 15.7 Å². The molecule has 0 saturated heterocycles. The summed E-state index contributed by atoms with van der Waals surface area (Å²) in [7, 11) is 0. The van der Waals surface area contributed by atoms with Gasteiger partial charge < -0.3 is 10.4 Å². The summed E-state index contributed by atoms with van der Waals surface area (Å²) in [6.45, 7) is 0. The second kappa shape index (κ2) is 5.37. The number of aromatic nitrogens is 1. The maximum Gasteiger partial charge on any atom is 0.257 e. The van der Waals surface area contributed by atoms with Gasteiger partial charge in [0, 0.05) is 28.6 Å². The Kier molecular flexibility index (Phi) is 3.84. The van der Waals surface area contributed by atoms with Gasteiger partial charge in [-0.25, -0.2) is 0 Å². The van der Waals surface area contributed by atoms with Crippen LogP contribution in [0.3, 0.4) is 0 Å². The number of nitrogens with zero attached hydrogens (tertiary/aromatic N) is 1. The van der Waals surface area contributed by atoms with Gasteiger partial charge in [-0.15, -0.1) is 0 Å². The van der Waals surface area contributed by atoms with Crippen LogP contribution in [0.15, 0.2) is 41.1 Å². The van der Waals surface area contributed by atoms with Crippen LogP contribution < -0.4 is 5.32 Å². The zero-order valence-corrected chi connectivity index (χ0v) is 11.4. The van der Waals surface area contributed by atoms with E-state index in [-0.39, 0.29) is 16.7 Å². The Morgan fingerprint density at radius 2 is 2.11 bits per heavy atom. The van der Waals surface area contributed by atoms with E-state index in [1.165, 1.54) is 18.3 Å². The first-order valence-electron chi connectivity index (χ1n) is 4.96. The maximum absolute atomic E-state index is 11.9. The van der Waals surface area contributed by atoms with Crippen molar-refractivity contribution in [1.29, 1.82) is 0 Å². The summed E-state index contributed by atoms with van der Waals surface area (Å²) >= 11 is 8.91. The van der Waals surface area contributed by atoms with E-state index in [9.17, 15) is 9.90 Å². The van der Waals surface area contributed by atoms with Crippen LogP contribution in [0.25, 0.3) is 0 Å². The molecule has 0 unspecified atom stereocenters. The van der Waals surface area contributed by atoms with Crippen LogP contribution >= 0.6 is 27.5 Å². The molecule has 0 saturated carbocycles. The molecule has 18 heavy (non-hydrogen) atoms. The van der Waals surface area contributed by atoms with Crippen molar-refractivity contribution in [1.82, 2.24) is 4.98 Å². The summed E-state index contributed by atoms with van der Waals surface area (Å²) in [6, 6.07) is 6.14. The van der Waals surface area contributed by atoms with Crippen LogP contribution in [0, 0.1) is 0 Å². The average molecular weight is 328 g/mol. The number of pyridine rings is 1. The molecule has 4 nitrogen and oxygen atoms in total. The van der Waals surface area contributed by atoms with Crippen LogP contribution in [-0.2, 0) is 0 Å². The lowest BCUT2D eigenvalue weighted by Gasteiger charge is -2.06. The molecule has 0 atom stereocenters. The highest BCUT2D eigenvalue weighted by Crippen LogP contribution is 2.26. The molecular weight excluding hydrogens is 320 g/mol. The van der Waals surface area contributed by atoms with Gasteiger partial charge in [-0.2, -0.15) is 0 Å². The number of amides is 1. The first-order chi connectivity index (χ1) is 8.56. The molecule has 1 heterocycles. The van der Waals surface area contributed by atoms with Crippen molar-refractivity contribution in [2.24, 2.45) is 0 Å². The highest BCUT2D eigenvalue weighted by Gasteiger charge is 2.08. The molecule has 2 rings (SSSR count). The summed E-state index contributed by atoms with van der Waals surface area (Å²) < 4.78 is 0.717. The summed E-state index contributed by atoms with van der Waals surface area (Å²) in [6.07, 6.45) is 3.04. The van der Waals surface area contributed by atoms with Crippen molar-refractivity contribution in [2.45, 2.75) is 0 Å². The zero-order valence-electron chi connectivity index (χ0n) is 9.02. The fraction of sp³-hybridized carbons (Fsp3) is 0. The van der Waals surface area contributed by atoms with E-state index in [1.54, 1.807) is 18.3 Å². The molecule has 0 fully saturated rings. The van der Waals surface area contributed by atoms with E-state index in [1.807, 2.05) is 0 Å².